The number of hydrogen-bond donors (Lipinski definition) is 1. The molecule has 4 nitrogen and oxygen atoms in total. The van der Waals surface area contributed by atoms with Crippen LogP contribution in [0.3, 0.4) is 0 Å². The van der Waals surface area contributed by atoms with Crippen molar-refractivity contribution in [2.75, 3.05) is 6.61 Å². The van der Waals surface area contributed by atoms with E-state index in [0.717, 1.165) is 22.6 Å². The maximum Gasteiger partial charge on any atom is 0.261 e. The molecular weight excluding hydrogens is 326 g/mol. The molecule has 140 valence electrons. The summed E-state index contributed by atoms with van der Waals surface area (Å²) in [5.41, 5.74) is 2.13. The van der Waals surface area contributed by atoms with Crippen molar-refractivity contribution in [3.05, 3.63) is 59.7 Å². The Kier molecular flexibility index (Phi) is 7.07. The molecule has 0 bridgehead atoms. The van der Waals surface area contributed by atoms with E-state index < -0.39 is 6.10 Å². The number of carbonyl (C=O) groups is 1. The summed E-state index contributed by atoms with van der Waals surface area (Å²) in [4.78, 5) is 12.5. The van der Waals surface area contributed by atoms with Crippen molar-refractivity contribution in [3.8, 4) is 11.5 Å². The smallest absolute Gasteiger partial charge is 0.261 e. The molecule has 2 unspecified atom stereocenters. The first-order chi connectivity index (χ1) is 12.4. The molecule has 0 radical (unpaired) electrons. The molecule has 26 heavy (non-hydrogen) atoms. The van der Waals surface area contributed by atoms with E-state index in [2.05, 4.69) is 19.2 Å². The Morgan fingerprint density at radius 3 is 2.27 bits per heavy atom. The van der Waals surface area contributed by atoms with E-state index in [1.165, 1.54) is 0 Å². The van der Waals surface area contributed by atoms with Gasteiger partial charge in [0.05, 0.1) is 12.6 Å². The summed E-state index contributed by atoms with van der Waals surface area (Å²) in [5.74, 6) is 1.80. The number of para-hydroxylation sites is 1. The Morgan fingerprint density at radius 2 is 1.65 bits per heavy atom. The van der Waals surface area contributed by atoms with Gasteiger partial charge in [-0.05, 0) is 56.0 Å². The summed E-state index contributed by atoms with van der Waals surface area (Å²) in [5, 5.41) is 3.01. The second kappa shape index (κ2) is 9.27. The normalized spacial score (nSPS) is 13.2. The molecule has 4 heteroatoms. The van der Waals surface area contributed by atoms with Crippen LogP contribution in [0.25, 0.3) is 0 Å². The number of carbonyl (C=O) groups excluding carboxylic acids is 1. The van der Waals surface area contributed by atoms with E-state index in [9.17, 15) is 4.79 Å². The van der Waals surface area contributed by atoms with Crippen molar-refractivity contribution < 1.29 is 14.3 Å². The molecule has 2 atom stereocenters. The van der Waals surface area contributed by atoms with Crippen molar-refractivity contribution in [1.29, 1.82) is 0 Å². The first kappa shape index (κ1) is 19.8. The molecule has 2 rings (SSSR count). The predicted molar refractivity (Wildman–Crippen MR) is 105 cm³/mol. The maximum absolute atomic E-state index is 12.5. The average molecular weight is 355 g/mol. The zero-order valence-corrected chi connectivity index (χ0v) is 16.3. The number of ether oxygens (including phenoxy) is 2. The van der Waals surface area contributed by atoms with Gasteiger partial charge in [0.25, 0.3) is 5.91 Å². The highest BCUT2D eigenvalue weighted by molar-refractivity contribution is 5.81. The highest BCUT2D eigenvalue weighted by atomic mass is 16.5. The lowest BCUT2D eigenvalue weighted by Crippen LogP contribution is -2.37. The summed E-state index contributed by atoms with van der Waals surface area (Å²) in [7, 11) is 0. The van der Waals surface area contributed by atoms with Gasteiger partial charge < -0.3 is 14.8 Å². The number of hydrogen-bond acceptors (Lipinski definition) is 3. The lowest BCUT2D eigenvalue weighted by molar-refractivity contribution is -0.127. The molecular formula is C22H29NO3. The standard InChI is InChI=1S/C22H29NO3/c1-6-25-19-13-11-18(12-14-19)16(4)23-22(24)17(5)26-21-10-8-7-9-20(21)15(2)3/h7-17H,6H2,1-5H3,(H,23,24). The summed E-state index contributed by atoms with van der Waals surface area (Å²) in [6, 6.07) is 15.5. The van der Waals surface area contributed by atoms with Crippen LogP contribution in [0, 0.1) is 0 Å². The lowest BCUT2D eigenvalue weighted by atomic mass is 10.0. The van der Waals surface area contributed by atoms with E-state index >= 15 is 0 Å². The van der Waals surface area contributed by atoms with Crippen LogP contribution in [-0.4, -0.2) is 18.6 Å². The second-order valence-electron chi connectivity index (χ2n) is 6.68. The molecule has 0 saturated carbocycles. The predicted octanol–water partition coefficient (Wildman–Crippen LogP) is 4.85. The quantitative estimate of drug-likeness (QED) is 0.736. The van der Waals surface area contributed by atoms with Gasteiger partial charge in [-0.2, -0.15) is 0 Å². The molecule has 1 N–H and O–H groups in total. The van der Waals surface area contributed by atoms with Gasteiger partial charge in [-0.25, -0.2) is 0 Å². The van der Waals surface area contributed by atoms with Crippen LogP contribution in [0.2, 0.25) is 0 Å². The van der Waals surface area contributed by atoms with Crippen molar-refractivity contribution in [2.24, 2.45) is 0 Å². The van der Waals surface area contributed by atoms with E-state index in [4.69, 9.17) is 9.47 Å². The van der Waals surface area contributed by atoms with Crippen LogP contribution in [0.5, 0.6) is 11.5 Å². The van der Waals surface area contributed by atoms with Crippen molar-refractivity contribution >= 4 is 5.91 Å². The minimum atomic E-state index is -0.569. The fraction of sp³-hybridized carbons (Fsp3) is 0.409. The number of rotatable bonds is 8. The van der Waals surface area contributed by atoms with Crippen LogP contribution < -0.4 is 14.8 Å². The summed E-state index contributed by atoms with van der Waals surface area (Å²) in [6.45, 7) is 10.6. The van der Waals surface area contributed by atoms with E-state index in [-0.39, 0.29) is 11.9 Å². The van der Waals surface area contributed by atoms with Gasteiger partial charge in [0.15, 0.2) is 6.10 Å². The molecule has 0 aliphatic carbocycles. The van der Waals surface area contributed by atoms with Gasteiger partial charge in [0, 0.05) is 0 Å². The molecule has 2 aromatic carbocycles. The average Bonchev–Trinajstić information content (AvgIpc) is 2.62. The molecule has 0 aliphatic rings. The Bertz CT molecular complexity index is 710. The third-order valence-corrected chi connectivity index (χ3v) is 4.26. The second-order valence-corrected chi connectivity index (χ2v) is 6.68. The molecule has 0 heterocycles. The zero-order chi connectivity index (χ0) is 19.1. The van der Waals surface area contributed by atoms with Gasteiger partial charge in [-0.3, -0.25) is 4.79 Å². The zero-order valence-electron chi connectivity index (χ0n) is 16.3. The molecule has 0 spiro atoms. The Labute approximate surface area is 156 Å². The number of nitrogens with one attached hydrogen (secondary N) is 1. The first-order valence-electron chi connectivity index (χ1n) is 9.21. The highest BCUT2D eigenvalue weighted by Gasteiger charge is 2.19. The van der Waals surface area contributed by atoms with Gasteiger partial charge in [-0.15, -0.1) is 0 Å². The number of benzene rings is 2. The van der Waals surface area contributed by atoms with Crippen molar-refractivity contribution in [3.63, 3.8) is 0 Å². The van der Waals surface area contributed by atoms with Crippen LogP contribution in [0.4, 0.5) is 0 Å². The fourth-order valence-electron chi connectivity index (χ4n) is 2.74. The monoisotopic (exact) mass is 355 g/mol. The Balaban J connectivity index is 1.98. The summed E-state index contributed by atoms with van der Waals surface area (Å²) >= 11 is 0. The van der Waals surface area contributed by atoms with E-state index in [0.29, 0.717) is 12.5 Å². The number of amides is 1. The molecule has 0 saturated heterocycles. The largest absolute Gasteiger partial charge is 0.494 e. The van der Waals surface area contributed by atoms with Gasteiger partial charge in [-0.1, -0.05) is 44.2 Å². The molecule has 0 aromatic heterocycles. The minimum Gasteiger partial charge on any atom is -0.494 e. The third kappa shape index (κ3) is 5.25. The first-order valence-corrected chi connectivity index (χ1v) is 9.21. The SMILES string of the molecule is CCOc1ccc(C(C)NC(=O)C(C)Oc2ccccc2C(C)C)cc1. The van der Waals surface area contributed by atoms with E-state index in [1.54, 1.807) is 6.92 Å². The van der Waals surface area contributed by atoms with Gasteiger partial charge in [0.1, 0.15) is 11.5 Å². The Morgan fingerprint density at radius 1 is 1.00 bits per heavy atom. The molecule has 0 fully saturated rings. The minimum absolute atomic E-state index is 0.107. The van der Waals surface area contributed by atoms with Crippen LogP contribution in [-0.2, 0) is 4.79 Å². The van der Waals surface area contributed by atoms with Crippen LogP contribution in [0.15, 0.2) is 48.5 Å². The molecule has 2 aromatic rings. The molecule has 1 amide bonds. The maximum atomic E-state index is 12.5. The third-order valence-electron chi connectivity index (χ3n) is 4.26. The lowest BCUT2D eigenvalue weighted by Gasteiger charge is -2.21. The van der Waals surface area contributed by atoms with Gasteiger partial charge in [0.2, 0.25) is 0 Å². The van der Waals surface area contributed by atoms with Crippen LogP contribution >= 0.6 is 0 Å². The van der Waals surface area contributed by atoms with E-state index in [1.807, 2.05) is 62.4 Å². The topological polar surface area (TPSA) is 47.6 Å². The van der Waals surface area contributed by atoms with Crippen molar-refractivity contribution in [1.82, 2.24) is 5.32 Å². The summed E-state index contributed by atoms with van der Waals surface area (Å²) in [6.07, 6.45) is -0.569. The Hall–Kier alpha value is -2.49. The fourth-order valence-corrected chi connectivity index (χ4v) is 2.74. The van der Waals surface area contributed by atoms with Crippen LogP contribution in [0.1, 0.15) is 57.7 Å². The van der Waals surface area contributed by atoms with Crippen molar-refractivity contribution in [2.45, 2.75) is 52.7 Å². The highest BCUT2D eigenvalue weighted by Crippen LogP contribution is 2.27. The van der Waals surface area contributed by atoms with Gasteiger partial charge >= 0.3 is 0 Å². The molecule has 0 aliphatic heterocycles. The summed E-state index contributed by atoms with van der Waals surface area (Å²) < 4.78 is 11.4.